The second-order valence-electron chi connectivity index (χ2n) is 4.21. The molecule has 0 spiro atoms. The third-order valence-corrected chi connectivity index (χ3v) is 3.08. The summed E-state index contributed by atoms with van der Waals surface area (Å²) in [5.74, 6) is -0.386. The predicted molar refractivity (Wildman–Crippen MR) is 56.6 cm³/mol. The monoisotopic (exact) mass is 252 g/mol. The van der Waals surface area contributed by atoms with Gasteiger partial charge in [-0.05, 0) is 12.8 Å². The number of hydrogen-bond donors (Lipinski definition) is 3. The van der Waals surface area contributed by atoms with E-state index < -0.39 is 24.5 Å². The number of nitrogens with two attached hydrogens (primary N) is 1. The fourth-order valence-electron chi connectivity index (χ4n) is 1.76. The van der Waals surface area contributed by atoms with Crippen LogP contribution in [-0.4, -0.2) is 49.8 Å². The summed E-state index contributed by atoms with van der Waals surface area (Å²) in [6.45, 7) is 0.552. The number of carbonyl (C=O) groups excluding carboxylic acids is 1. The molecule has 1 rings (SSSR count). The van der Waals surface area contributed by atoms with Gasteiger partial charge in [-0.25, -0.2) is 8.78 Å². The molecule has 4 N–H and O–H groups in total. The number of nitrogens with one attached hydrogen (secondary N) is 1. The van der Waals surface area contributed by atoms with Gasteiger partial charge in [-0.2, -0.15) is 0 Å². The molecule has 0 aromatic carbocycles. The van der Waals surface area contributed by atoms with E-state index in [1.165, 1.54) is 0 Å². The van der Waals surface area contributed by atoms with E-state index in [9.17, 15) is 13.6 Å². The van der Waals surface area contributed by atoms with Crippen LogP contribution in [0, 0.1) is 5.41 Å². The molecule has 1 heterocycles. The van der Waals surface area contributed by atoms with Gasteiger partial charge in [-0.1, -0.05) is 0 Å². The molecule has 100 valence electrons. The Morgan fingerprint density at radius 3 is 2.53 bits per heavy atom. The van der Waals surface area contributed by atoms with E-state index in [-0.39, 0.29) is 12.5 Å². The lowest BCUT2D eigenvalue weighted by Gasteiger charge is -2.34. The second-order valence-corrected chi connectivity index (χ2v) is 4.21. The fourth-order valence-corrected chi connectivity index (χ4v) is 1.76. The highest BCUT2D eigenvalue weighted by Crippen LogP contribution is 2.29. The average Bonchev–Trinajstić information content (AvgIpc) is 2.36. The number of ether oxygens (including phenoxy) is 1. The van der Waals surface area contributed by atoms with E-state index in [4.69, 9.17) is 15.6 Å². The zero-order chi connectivity index (χ0) is 12.9. The zero-order valence-electron chi connectivity index (χ0n) is 9.49. The highest BCUT2D eigenvalue weighted by molar-refractivity contribution is 5.83. The third-order valence-electron chi connectivity index (χ3n) is 3.08. The lowest BCUT2D eigenvalue weighted by molar-refractivity contribution is -0.136. The largest absolute Gasteiger partial charge is 0.385 e. The Morgan fingerprint density at radius 1 is 1.47 bits per heavy atom. The van der Waals surface area contributed by atoms with E-state index in [1.807, 2.05) is 0 Å². The Kier molecular flexibility index (Phi) is 5.23. The molecule has 0 saturated carbocycles. The smallest absolute Gasteiger partial charge is 0.265 e. The molecule has 0 bridgehead atoms. The first-order valence-corrected chi connectivity index (χ1v) is 5.54. The molecule has 7 heteroatoms. The van der Waals surface area contributed by atoms with Crippen molar-refractivity contribution in [2.24, 2.45) is 11.1 Å². The number of aliphatic hydroxyl groups excluding tert-OH is 1. The minimum Gasteiger partial charge on any atom is -0.385 e. The van der Waals surface area contributed by atoms with Gasteiger partial charge >= 0.3 is 0 Å². The van der Waals surface area contributed by atoms with Crippen molar-refractivity contribution in [3.8, 4) is 0 Å². The summed E-state index contributed by atoms with van der Waals surface area (Å²) in [4.78, 5) is 11.9. The molecule has 1 amide bonds. The van der Waals surface area contributed by atoms with Crippen LogP contribution in [-0.2, 0) is 9.53 Å². The summed E-state index contributed by atoms with van der Waals surface area (Å²) in [5.41, 5.74) is 4.83. The molecule has 1 aliphatic rings. The lowest BCUT2D eigenvalue weighted by atomic mass is 9.79. The van der Waals surface area contributed by atoms with Crippen LogP contribution in [0.5, 0.6) is 0 Å². The Bertz CT molecular complexity index is 258. The van der Waals surface area contributed by atoms with Crippen LogP contribution in [0.25, 0.3) is 0 Å². The van der Waals surface area contributed by atoms with Gasteiger partial charge in [0.15, 0.2) is 0 Å². The molecular weight excluding hydrogens is 234 g/mol. The molecule has 0 aromatic rings. The SMILES string of the molecule is NCC1(C(=O)NCC(O)C(F)F)CCOCC1. The van der Waals surface area contributed by atoms with Crippen molar-refractivity contribution >= 4 is 5.91 Å². The zero-order valence-corrected chi connectivity index (χ0v) is 9.49. The first kappa shape index (κ1) is 14.3. The molecule has 1 atom stereocenters. The molecule has 1 fully saturated rings. The van der Waals surface area contributed by atoms with Crippen molar-refractivity contribution in [2.45, 2.75) is 25.4 Å². The van der Waals surface area contributed by atoms with Crippen LogP contribution in [0.15, 0.2) is 0 Å². The van der Waals surface area contributed by atoms with Gasteiger partial charge < -0.3 is 20.9 Å². The normalized spacial score (nSPS) is 21.2. The Hall–Kier alpha value is -0.790. The number of aliphatic hydroxyl groups is 1. The first-order chi connectivity index (χ1) is 8.02. The standard InChI is InChI=1S/C10H18F2N2O3/c11-8(12)7(15)5-14-9(16)10(6-13)1-3-17-4-2-10/h7-8,15H,1-6,13H2,(H,14,16). The maximum absolute atomic E-state index is 12.1. The molecule has 5 nitrogen and oxygen atoms in total. The maximum Gasteiger partial charge on any atom is 0.265 e. The molecule has 17 heavy (non-hydrogen) atoms. The van der Waals surface area contributed by atoms with Crippen LogP contribution in [0.4, 0.5) is 8.78 Å². The maximum atomic E-state index is 12.1. The van der Waals surface area contributed by atoms with Crippen LogP contribution < -0.4 is 11.1 Å². The van der Waals surface area contributed by atoms with E-state index in [0.717, 1.165) is 0 Å². The second kappa shape index (κ2) is 6.23. The Morgan fingerprint density at radius 2 is 2.06 bits per heavy atom. The van der Waals surface area contributed by atoms with Crippen molar-refractivity contribution in [1.29, 1.82) is 0 Å². The number of alkyl halides is 2. The van der Waals surface area contributed by atoms with Crippen LogP contribution in [0.3, 0.4) is 0 Å². The van der Waals surface area contributed by atoms with Gasteiger partial charge in [0.2, 0.25) is 5.91 Å². The van der Waals surface area contributed by atoms with Crippen molar-refractivity contribution in [2.75, 3.05) is 26.3 Å². The van der Waals surface area contributed by atoms with Gasteiger partial charge in [0.05, 0.1) is 5.41 Å². The summed E-state index contributed by atoms with van der Waals surface area (Å²) in [5, 5.41) is 11.2. The number of halogens is 2. The van der Waals surface area contributed by atoms with E-state index in [0.29, 0.717) is 26.1 Å². The van der Waals surface area contributed by atoms with Crippen molar-refractivity contribution in [1.82, 2.24) is 5.32 Å². The number of amides is 1. The molecule has 0 aliphatic carbocycles. The number of carbonyl (C=O) groups is 1. The van der Waals surface area contributed by atoms with Crippen molar-refractivity contribution < 1.29 is 23.4 Å². The van der Waals surface area contributed by atoms with Gasteiger partial charge in [0, 0.05) is 26.3 Å². The summed E-state index contributed by atoms with van der Waals surface area (Å²) in [7, 11) is 0. The van der Waals surface area contributed by atoms with Gasteiger partial charge in [0.1, 0.15) is 6.10 Å². The lowest BCUT2D eigenvalue weighted by Crippen LogP contribution is -2.51. The molecule has 0 radical (unpaired) electrons. The molecular formula is C10H18F2N2O3. The van der Waals surface area contributed by atoms with Gasteiger partial charge in [-0.15, -0.1) is 0 Å². The Labute approximate surface area is 98.3 Å². The molecule has 1 aliphatic heterocycles. The van der Waals surface area contributed by atoms with E-state index in [1.54, 1.807) is 0 Å². The topological polar surface area (TPSA) is 84.6 Å². The van der Waals surface area contributed by atoms with Crippen LogP contribution in [0.2, 0.25) is 0 Å². The van der Waals surface area contributed by atoms with E-state index in [2.05, 4.69) is 5.32 Å². The summed E-state index contributed by atoms with van der Waals surface area (Å²) >= 11 is 0. The fraction of sp³-hybridized carbons (Fsp3) is 0.900. The summed E-state index contributed by atoms with van der Waals surface area (Å²) in [6.07, 6.45) is -3.76. The molecule has 1 unspecified atom stereocenters. The summed E-state index contributed by atoms with van der Waals surface area (Å²) < 4.78 is 29.2. The van der Waals surface area contributed by atoms with Gasteiger partial charge in [-0.3, -0.25) is 4.79 Å². The average molecular weight is 252 g/mol. The van der Waals surface area contributed by atoms with Crippen molar-refractivity contribution in [3.05, 3.63) is 0 Å². The number of rotatable bonds is 5. The van der Waals surface area contributed by atoms with E-state index >= 15 is 0 Å². The predicted octanol–water partition coefficient (Wildman–Crippen LogP) is -0.516. The third kappa shape index (κ3) is 3.58. The molecule has 0 aromatic heterocycles. The minimum absolute atomic E-state index is 0.146. The highest BCUT2D eigenvalue weighted by Gasteiger charge is 2.38. The number of hydrogen-bond acceptors (Lipinski definition) is 4. The van der Waals surface area contributed by atoms with Crippen LogP contribution in [0.1, 0.15) is 12.8 Å². The molecule has 1 saturated heterocycles. The first-order valence-electron chi connectivity index (χ1n) is 5.54. The quantitative estimate of drug-likeness (QED) is 0.615. The Balaban J connectivity index is 2.49. The van der Waals surface area contributed by atoms with Crippen molar-refractivity contribution in [3.63, 3.8) is 0 Å². The minimum atomic E-state index is -2.86. The van der Waals surface area contributed by atoms with Gasteiger partial charge in [0.25, 0.3) is 6.43 Å². The summed E-state index contributed by atoms with van der Waals surface area (Å²) in [6, 6.07) is 0. The highest BCUT2D eigenvalue weighted by atomic mass is 19.3. The van der Waals surface area contributed by atoms with Crippen LogP contribution >= 0.6 is 0 Å².